The van der Waals surface area contributed by atoms with Crippen LogP contribution in [0.2, 0.25) is 0 Å². The van der Waals surface area contributed by atoms with E-state index in [4.69, 9.17) is 0 Å². The average molecular weight is 419 g/mol. The maximum atomic E-state index is 2.34. The van der Waals surface area contributed by atoms with E-state index in [-0.39, 0.29) is 51.4 Å². The Balaban J connectivity index is 0.00000240. The van der Waals surface area contributed by atoms with Crippen molar-refractivity contribution in [1.82, 2.24) is 0 Å². The molecule has 0 aliphatic heterocycles. The molecule has 0 spiro atoms. The molecule has 0 fully saturated rings. The van der Waals surface area contributed by atoms with Gasteiger partial charge in [0.2, 0.25) is 0 Å². The summed E-state index contributed by atoms with van der Waals surface area (Å²) in [6, 6.07) is 33.5. The fraction of sp³-hybridized carbons (Fsp3) is 0.148. The molecule has 29 heavy (non-hydrogen) atoms. The van der Waals surface area contributed by atoms with Gasteiger partial charge in [0.25, 0.3) is 0 Å². The zero-order valence-corrected chi connectivity index (χ0v) is 22.3. The molecular weight excluding hydrogens is 391 g/mol. The van der Waals surface area contributed by atoms with Crippen LogP contribution in [-0.4, -0.2) is 8.07 Å². The van der Waals surface area contributed by atoms with Crippen LogP contribution in [0.5, 0.6) is 0 Å². The van der Waals surface area contributed by atoms with Crippen LogP contribution in [0.1, 0.15) is 22.3 Å². The topological polar surface area (TPSA) is 0 Å². The molecular formula is C27H27KSi. The van der Waals surface area contributed by atoms with Gasteiger partial charge in [-0.1, -0.05) is 134 Å². The molecule has 0 unspecified atom stereocenters. The number of rotatable bonds is 4. The molecule has 0 heterocycles. The van der Waals surface area contributed by atoms with Crippen LogP contribution >= 0.6 is 0 Å². The Morgan fingerprint density at radius 3 is 1.03 bits per heavy atom. The summed E-state index contributed by atoms with van der Waals surface area (Å²) in [4.78, 5) is 0. The van der Waals surface area contributed by atoms with E-state index in [2.05, 4.69) is 119 Å². The van der Waals surface area contributed by atoms with Crippen LogP contribution in [0.4, 0.5) is 0 Å². The molecule has 0 atom stereocenters. The van der Waals surface area contributed by atoms with E-state index in [1.165, 1.54) is 37.8 Å². The Bertz CT molecular complexity index is 958. The van der Waals surface area contributed by atoms with Gasteiger partial charge in [-0.05, 0) is 0 Å². The van der Waals surface area contributed by atoms with Crippen LogP contribution in [0.15, 0.2) is 91.0 Å². The first-order chi connectivity index (χ1) is 13.6. The first kappa shape index (κ1) is 22.5. The molecule has 0 saturated heterocycles. The summed E-state index contributed by atoms with van der Waals surface area (Å²) in [7, 11) is -2.40. The van der Waals surface area contributed by atoms with Crippen molar-refractivity contribution < 1.29 is 51.4 Å². The third-order valence-corrected chi connectivity index (χ3v) is 11.5. The quantitative estimate of drug-likeness (QED) is 0.264. The molecule has 0 amide bonds. The second-order valence-corrected chi connectivity index (χ2v) is 11.5. The van der Waals surface area contributed by atoms with Gasteiger partial charge in [0.1, 0.15) is 8.07 Å². The molecule has 140 valence electrons. The number of benzene rings is 3. The van der Waals surface area contributed by atoms with Crippen molar-refractivity contribution in [3.8, 4) is 0 Å². The fourth-order valence-electron chi connectivity index (χ4n) is 4.78. The molecule has 0 aliphatic rings. The van der Waals surface area contributed by atoms with Gasteiger partial charge >= 0.3 is 51.4 Å². The molecule has 0 aromatic heterocycles. The standard InChI is InChI=1S/C27H27Si.K/c1-20-21(2)23(4)27(22(20)3)28(24-14-8-5-9-15-24,25-16-10-6-11-17-25)26-18-12-7-13-19-26;/h5-19H,1-4H3;/q-1;+1. The van der Waals surface area contributed by atoms with Gasteiger partial charge in [0.05, 0.1) is 0 Å². The van der Waals surface area contributed by atoms with Crippen molar-refractivity contribution in [2.45, 2.75) is 27.7 Å². The smallest absolute Gasteiger partial charge is 0.196 e. The second-order valence-electron chi connectivity index (χ2n) is 7.72. The van der Waals surface area contributed by atoms with Crippen molar-refractivity contribution >= 4 is 28.8 Å². The summed E-state index contributed by atoms with van der Waals surface area (Å²) in [5.74, 6) is 0. The van der Waals surface area contributed by atoms with Crippen LogP contribution in [0, 0.1) is 27.7 Å². The zero-order chi connectivity index (χ0) is 19.7. The van der Waals surface area contributed by atoms with Crippen molar-refractivity contribution in [2.24, 2.45) is 0 Å². The van der Waals surface area contributed by atoms with Gasteiger partial charge in [-0.2, -0.15) is 22.3 Å². The van der Waals surface area contributed by atoms with E-state index in [1.54, 1.807) is 5.19 Å². The largest absolute Gasteiger partial charge is 1.00 e. The summed E-state index contributed by atoms with van der Waals surface area (Å²) in [6.45, 7) is 9.20. The first-order valence-corrected chi connectivity index (χ1v) is 12.0. The van der Waals surface area contributed by atoms with Gasteiger partial charge in [-0.25, -0.2) is 0 Å². The number of hydrogen-bond donors (Lipinski definition) is 0. The minimum atomic E-state index is -2.40. The molecule has 4 rings (SSSR count). The third kappa shape index (κ3) is 3.71. The predicted molar refractivity (Wildman–Crippen MR) is 125 cm³/mol. The molecule has 0 aliphatic carbocycles. The molecule has 4 aromatic carbocycles. The Hall–Kier alpha value is -1.14. The molecule has 0 radical (unpaired) electrons. The SMILES string of the molecule is Cc1c(C)c(C)[c-]([Si](c2ccccc2)(c2ccccc2)c2ccccc2)c1C.[K+]. The van der Waals surface area contributed by atoms with Crippen molar-refractivity contribution in [2.75, 3.05) is 0 Å². The van der Waals surface area contributed by atoms with E-state index in [1.807, 2.05) is 0 Å². The fourth-order valence-corrected chi connectivity index (χ4v) is 10.2. The summed E-state index contributed by atoms with van der Waals surface area (Å²) in [6.07, 6.45) is 0. The third-order valence-electron chi connectivity index (χ3n) is 6.43. The van der Waals surface area contributed by atoms with Crippen LogP contribution < -0.4 is 72.1 Å². The van der Waals surface area contributed by atoms with Gasteiger partial charge in [0, 0.05) is 0 Å². The average Bonchev–Trinajstić information content (AvgIpc) is 2.95. The van der Waals surface area contributed by atoms with Crippen LogP contribution in [-0.2, 0) is 0 Å². The summed E-state index contributed by atoms with van der Waals surface area (Å²) in [5.41, 5.74) is 5.79. The molecule has 0 saturated carbocycles. The summed E-state index contributed by atoms with van der Waals surface area (Å²) >= 11 is 0. The second kappa shape index (κ2) is 9.34. The van der Waals surface area contributed by atoms with E-state index in [9.17, 15) is 0 Å². The Labute approximate surface area is 218 Å². The molecule has 0 bridgehead atoms. The predicted octanol–water partition coefficient (Wildman–Crippen LogP) is 1.02. The van der Waals surface area contributed by atoms with Gasteiger partial charge in [-0.3, -0.25) is 0 Å². The van der Waals surface area contributed by atoms with Crippen molar-refractivity contribution in [3.05, 3.63) is 113 Å². The normalized spacial score (nSPS) is 11.2. The molecule has 2 heteroatoms. The van der Waals surface area contributed by atoms with Crippen LogP contribution in [0.25, 0.3) is 0 Å². The van der Waals surface area contributed by atoms with E-state index in [0.29, 0.717) is 0 Å². The van der Waals surface area contributed by atoms with Crippen molar-refractivity contribution in [1.29, 1.82) is 0 Å². The van der Waals surface area contributed by atoms with E-state index in [0.717, 1.165) is 0 Å². The maximum Gasteiger partial charge on any atom is 1.00 e. The first-order valence-electron chi connectivity index (χ1n) is 9.98. The zero-order valence-electron chi connectivity index (χ0n) is 18.2. The number of hydrogen-bond acceptors (Lipinski definition) is 0. The minimum Gasteiger partial charge on any atom is -0.196 e. The molecule has 0 N–H and O–H groups in total. The molecule has 4 aromatic rings. The van der Waals surface area contributed by atoms with Crippen molar-refractivity contribution in [3.63, 3.8) is 0 Å². The van der Waals surface area contributed by atoms with E-state index >= 15 is 0 Å². The van der Waals surface area contributed by atoms with E-state index < -0.39 is 8.07 Å². The van der Waals surface area contributed by atoms with Gasteiger partial charge < -0.3 is 0 Å². The summed E-state index contributed by atoms with van der Waals surface area (Å²) < 4.78 is 0. The Morgan fingerprint density at radius 2 is 0.759 bits per heavy atom. The van der Waals surface area contributed by atoms with Gasteiger partial charge in [-0.15, -0.1) is 5.19 Å². The Kier molecular flexibility index (Phi) is 7.26. The Morgan fingerprint density at radius 1 is 0.483 bits per heavy atom. The molecule has 0 nitrogen and oxygen atoms in total. The minimum absolute atomic E-state index is 0. The summed E-state index contributed by atoms with van der Waals surface area (Å²) in [5, 5.41) is 5.90. The van der Waals surface area contributed by atoms with Crippen LogP contribution in [0.3, 0.4) is 0 Å². The maximum absolute atomic E-state index is 2.40. The monoisotopic (exact) mass is 418 g/mol. The van der Waals surface area contributed by atoms with Gasteiger partial charge in [0.15, 0.2) is 0 Å².